The highest BCUT2D eigenvalue weighted by molar-refractivity contribution is 7.84. The summed E-state index contributed by atoms with van der Waals surface area (Å²) in [5.74, 6) is 0.338. The molecule has 2 rings (SSSR count). The first-order valence-electron chi connectivity index (χ1n) is 4.53. The Morgan fingerprint density at radius 2 is 2.20 bits per heavy atom. The minimum absolute atomic E-state index is 0.338. The van der Waals surface area contributed by atoms with Crippen LogP contribution in [0.15, 0.2) is 24.3 Å². The largest absolute Gasteiger partial charge is 0.440 e. The quantitative estimate of drug-likeness (QED) is 0.833. The molecular weight excluding hydrogens is 214 g/mol. The van der Waals surface area contributed by atoms with Crippen LogP contribution in [0.25, 0.3) is 0 Å². The predicted molar refractivity (Wildman–Crippen MR) is 58.2 cm³/mol. The van der Waals surface area contributed by atoms with E-state index in [4.69, 9.17) is 4.74 Å². The molecule has 0 radical (unpaired) electrons. The Morgan fingerprint density at radius 1 is 1.47 bits per heavy atom. The Bertz CT molecular complexity index is 419. The van der Waals surface area contributed by atoms with Crippen LogP contribution in [0.1, 0.15) is 11.7 Å². The van der Waals surface area contributed by atoms with E-state index in [2.05, 4.69) is 5.32 Å². The van der Waals surface area contributed by atoms with E-state index in [1.54, 1.807) is 12.3 Å². The van der Waals surface area contributed by atoms with Gasteiger partial charge in [0.25, 0.3) is 0 Å². The molecule has 0 saturated heterocycles. The van der Waals surface area contributed by atoms with Crippen molar-refractivity contribution in [1.82, 2.24) is 0 Å². The maximum absolute atomic E-state index is 11.2. The molecule has 0 aliphatic carbocycles. The van der Waals surface area contributed by atoms with Gasteiger partial charge in [0.15, 0.2) is 0 Å². The number of para-hydroxylation sites is 1. The summed E-state index contributed by atoms with van der Waals surface area (Å²) in [5.41, 5.74) is 1.62. The van der Waals surface area contributed by atoms with E-state index >= 15 is 0 Å². The standard InChI is InChI=1S/C10H11NO3S/c1-15(13)6-9-7-4-2-3-5-8(7)11-10(12)14-9/h2-5,9H,6H2,1H3,(H,11,12). The van der Waals surface area contributed by atoms with Gasteiger partial charge >= 0.3 is 6.09 Å². The molecular formula is C10H11NO3S. The maximum atomic E-state index is 11.2. The highest BCUT2D eigenvalue weighted by Crippen LogP contribution is 2.30. The average molecular weight is 225 g/mol. The molecule has 15 heavy (non-hydrogen) atoms. The summed E-state index contributed by atoms with van der Waals surface area (Å²) < 4.78 is 16.2. The average Bonchev–Trinajstić information content (AvgIpc) is 2.16. The summed E-state index contributed by atoms with van der Waals surface area (Å²) in [7, 11) is -0.990. The fraction of sp³-hybridized carbons (Fsp3) is 0.300. The van der Waals surface area contributed by atoms with E-state index in [0.717, 1.165) is 11.3 Å². The Kier molecular flexibility index (Phi) is 2.73. The highest BCUT2D eigenvalue weighted by atomic mass is 32.2. The predicted octanol–water partition coefficient (Wildman–Crippen LogP) is 1.67. The van der Waals surface area contributed by atoms with Crippen molar-refractivity contribution in [3.8, 4) is 0 Å². The number of rotatable bonds is 2. The van der Waals surface area contributed by atoms with Crippen molar-refractivity contribution in [2.75, 3.05) is 17.3 Å². The van der Waals surface area contributed by atoms with Gasteiger partial charge in [-0.05, 0) is 6.07 Å². The molecule has 1 amide bonds. The highest BCUT2D eigenvalue weighted by Gasteiger charge is 2.26. The van der Waals surface area contributed by atoms with Crippen molar-refractivity contribution >= 4 is 22.6 Å². The lowest BCUT2D eigenvalue weighted by molar-refractivity contribution is 0.118. The molecule has 1 heterocycles. The molecule has 1 aliphatic heterocycles. The molecule has 2 unspecified atom stereocenters. The van der Waals surface area contributed by atoms with E-state index in [9.17, 15) is 9.00 Å². The van der Waals surface area contributed by atoms with E-state index in [1.807, 2.05) is 18.2 Å². The molecule has 0 saturated carbocycles. The van der Waals surface area contributed by atoms with Crippen molar-refractivity contribution in [2.24, 2.45) is 0 Å². The van der Waals surface area contributed by atoms with Crippen LogP contribution >= 0.6 is 0 Å². The summed E-state index contributed by atoms with van der Waals surface area (Å²) in [6.07, 6.45) is 0.711. The lowest BCUT2D eigenvalue weighted by Gasteiger charge is -2.25. The van der Waals surface area contributed by atoms with Crippen LogP contribution in [0.4, 0.5) is 10.5 Å². The minimum atomic E-state index is -0.990. The van der Waals surface area contributed by atoms with Crippen molar-refractivity contribution in [1.29, 1.82) is 0 Å². The molecule has 0 fully saturated rings. The molecule has 1 aliphatic rings. The number of benzene rings is 1. The summed E-state index contributed by atoms with van der Waals surface area (Å²) >= 11 is 0. The molecule has 80 valence electrons. The number of ether oxygens (including phenoxy) is 1. The first kappa shape index (κ1) is 10.2. The smallest absolute Gasteiger partial charge is 0.412 e. The van der Waals surface area contributed by atoms with Gasteiger partial charge in [-0.1, -0.05) is 18.2 Å². The maximum Gasteiger partial charge on any atom is 0.412 e. The van der Waals surface area contributed by atoms with Gasteiger partial charge in [-0.2, -0.15) is 0 Å². The van der Waals surface area contributed by atoms with Crippen molar-refractivity contribution in [3.63, 3.8) is 0 Å². The van der Waals surface area contributed by atoms with Crippen LogP contribution in [0.3, 0.4) is 0 Å². The SMILES string of the molecule is CS(=O)CC1OC(=O)Nc2ccccc21. The number of hydrogen-bond acceptors (Lipinski definition) is 3. The number of fused-ring (bicyclic) bond motifs is 1. The number of amides is 1. The number of carbonyl (C=O) groups is 1. The van der Waals surface area contributed by atoms with Crippen molar-refractivity contribution in [2.45, 2.75) is 6.10 Å². The molecule has 1 N–H and O–H groups in total. The number of cyclic esters (lactones) is 1. The van der Waals surface area contributed by atoms with Crippen LogP contribution in [-0.4, -0.2) is 22.3 Å². The number of anilines is 1. The third kappa shape index (κ3) is 2.18. The van der Waals surface area contributed by atoms with E-state index in [1.165, 1.54) is 0 Å². The van der Waals surface area contributed by atoms with Crippen LogP contribution < -0.4 is 5.32 Å². The molecule has 4 nitrogen and oxygen atoms in total. The fourth-order valence-electron chi connectivity index (χ4n) is 1.56. The first-order chi connectivity index (χ1) is 7.16. The second-order valence-electron chi connectivity index (χ2n) is 3.35. The van der Waals surface area contributed by atoms with E-state index in [-0.39, 0.29) is 0 Å². The number of hydrogen-bond donors (Lipinski definition) is 1. The molecule has 1 aromatic rings. The Balaban J connectivity index is 2.33. The van der Waals surface area contributed by atoms with Gasteiger partial charge in [-0.25, -0.2) is 4.79 Å². The zero-order valence-corrected chi connectivity index (χ0v) is 9.04. The Hall–Kier alpha value is -1.36. The lowest BCUT2D eigenvalue weighted by atomic mass is 10.1. The summed E-state index contributed by atoms with van der Waals surface area (Å²) in [5, 5.41) is 2.60. The zero-order chi connectivity index (χ0) is 10.8. The van der Waals surface area contributed by atoms with Crippen molar-refractivity contribution < 1.29 is 13.7 Å². The normalized spacial score (nSPS) is 21.1. The molecule has 0 bridgehead atoms. The lowest BCUT2D eigenvalue weighted by Crippen LogP contribution is -2.27. The topological polar surface area (TPSA) is 55.4 Å². The Morgan fingerprint density at radius 3 is 2.93 bits per heavy atom. The van der Waals surface area contributed by atoms with E-state index in [0.29, 0.717) is 5.75 Å². The molecule has 0 aromatic heterocycles. The summed E-state index contributed by atoms with van der Waals surface area (Å²) in [6, 6.07) is 7.38. The Labute approximate surface area is 90.1 Å². The molecule has 2 atom stereocenters. The van der Waals surface area contributed by atoms with Crippen molar-refractivity contribution in [3.05, 3.63) is 29.8 Å². The van der Waals surface area contributed by atoms with Gasteiger partial charge in [-0.3, -0.25) is 9.53 Å². The first-order valence-corrected chi connectivity index (χ1v) is 6.26. The number of nitrogens with one attached hydrogen (secondary N) is 1. The molecule has 5 heteroatoms. The van der Waals surface area contributed by atoms with Gasteiger partial charge in [-0.15, -0.1) is 0 Å². The van der Waals surface area contributed by atoms with Crippen LogP contribution in [0, 0.1) is 0 Å². The molecule has 0 spiro atoms. The van der Waals surface area contributed by atoms with Crippen LogP contribution in [-0.2, 0) is 15.5 Å². The zero-order valence-electron chi connectivity index (χ0n) is 8.23. The minimum Gasteiger partial charge on any atom is -0.440 e. The third-order valence-corrected chi connectivity index (χ3v) is 2.95. The second-order valence-corrected chi connectivity index (χ2v) is 4.83. The van der Waals surface area contributed by atoms with Gasteiger partial charge in [0.2, 0.25) is 0 Å². The van der Waals surface area contributed by atoms with E-state index < -0.39 is 23.0 Å². The third-order valence-electron chi connectivity index (χ3n) is 2.18. The summed E-state index contributed by atoms with van der Waals surface area (Å²) in [6.45, 7) is 0. The van der Waals surface area contributed by atoms with Gasteiger partial charge in [0.1, 0.15) is 6.10 Å². The van der Waals surface area contributed by atoms with Gasteiger partial charge in [0.05, 0.1) is 11.4 Å². The fourth-order valence-corrected chi connectivity index (χ4v) is 2.23. The van der Waals surface area contributed by atoms with Crippen LogP contribution in [0.5, 0.6) is 0 Å². The monoisotopic (exact) mass is 225 g/mol. The van der Waals surface area contributed by atoms with Gasteiger partial charge < -0.3 is 4.74 Å². The molecule has 1 aromatic carbocycles. The van der Waals surface area contributed by atoms with Crippen LogP contribution in [0.2, 0.25) is 0 Å². The van der Waals surface area contributed by atoms with Gasteiger partial charge in [0, 0.05) is 22.6 Å². The second kappa shape index (κ2) is 4.02. The number of carbonyl (C=O) groups excluding carboxylic acids is 1. The summed E-state index contributed by atoms with van der Waals surface area (Å²) in [4.78, 5) is 11.2.